The molecule has 0 fully saturated rings. The number of nitrogens with two attached hydrogens (primary N) is 1. The fourth-order valence-electron chi connectivity index (χ4n) is 0.572. The first kappa shape index (κ1) is 9.37. The number of Topliss-reactive ketones (excluding diaryl/α,β-unsaturated/α-hetero) is 1. The largest absolute Gasteiger partial charge is 0.328 e. The van der Waals surface area contributed by atoms with Crippen LogP contribution in [-0.4, -0.2) is 11.8 Å². The van der Waals surface area contributed by atoms with Gasteiger partial charge in [0.25, 0.3) is 0 Å². The Hall–Kier alpha value is -0.630. The van der Waals surface area contributed by atoms with Crippen LogP contribution in [0, 0.1) is 0 Å². The molecule has 1 atom stereocenters. The molecule has 0 bridgehead atoms. The van der Waals surface area contributed by atoms with Crippen molar-refractivity contribution in [2.24, 2.45) is 5.73 Å². The topological polar surface area (TPSA) is 43.1 Å². The molecule has 0 aliphatic rings. The highest BCUT2D eigenvalue weighted by Crippen LogP contribution is 2.00. The predicted octanol–water partition coefficient (Wildman–Crippen LogP) is 1.26. The lowest BCUT2D eigenvalue weighted by molar-refractivity contribution is -0.115. The first-order valence-electron chi connectivity index (χ1n) is 3.48. The third kappa shape index (κ3) is 4.27. The van der Waals surface area contributed by atoms with E-state index < -0.39 is 0 Å². The SMILES string of the molecule is C=C(C)C(=O)CCC(C)N. The van der Waals surface area contributed by atoms with Crippen molar-refractivity contribution in [2.75, 3.05) is 0 Å². The van der Waals surface area contributed by atoms with Crippen LogP contribution in [-0.2, 0) is 4.79 Å². The first-order chi connectivity index (χ1) is 4.54. The van der Waals surface area contributed by atoms with Crippen LogP contribution in [0.15, 0.2) is 12.2 Å². The number of carbonyl (C=O) groups is 1. The Balaban J connectivity index is 3.50. The molecule has 1 unspecified atom stereocenters. The number of rotatable bonds is 4. The van der Waals surface area contributed by atoms with E-state index in [0.29, 0.717) is 12.0 Å². The zero-order valence-corrected chi connectivity index (χ0v) is 6.68. The molecule has 0 aromatic heterocycles. The maximum absolute atomic E-state index is 10.9. The van der Waals surface area contributed by atoms with Gasteiger partial charge in [0.2, 0.25) is 0 Å². The van der Waals surface area contributed by atoms with E-state index >= 15 is 0 Å². The number of ketones is 1. The van der Waals surface area contributed by atoms with Crippen molar-refractivity contribution in [3.63, 3.8) is 0 Å². The van der Waals surface area contributed by atoms with Gasteiger partial charge in [-0.3, -0.25) is 4.79 Å². The smallest absolute Gasteiger partial charge is 0.158 e. The van der Waals surface area contributed by atoms with E-state index in [0.717, 1.165) is 6.42 Å². The molecule has 0 aromatic carbocycles. The summed E-state index contributed by atoms with van der Waals surface area (Å²) in [5.74, 6) is 0.123. The van der Waals surface area contributed by atoms with E-state index in [1.807, 2.05) is 6.92 Å². The van der Waals surface area contributed by atoms with Gasteiger partial charge in [0.15, 0.2) is 5.78 Å². The molecule has 0 saturated heterocycles. The molecule has 0 rings (SSSR count). The second-order valence-electron chi connectivity index (χ2n) is 2.72. The number of hydrogen-bond donors (Lipinski definition) is 1. The van der Waals surface area contributed by atoms with Crippen LogP contribution >= 0.6 is 0 Å². The molecule has 0 aromatic rings. The van der Waals surface area contributed by atoms with E-state index in [1.54, 1.807) is 6.92 Å². The van der Waals surface area contributed by atoms with Gasteiger partial charge in [0, 0.05) is 12.5 Å². The summed E-state index contributed by atoms with van der Waals surface area (Å²) in [6, 6.07) is 0.114. The lowest BCUT2D eigenvalue weighted by atomic mass is 10.1. The van der Waals surface area contributed by atoms with Crippen molar-refractivity contribution in [3.05, 3.63) is 12.2 Å². The summed E-state index contributed by atoms with van der Waals surface area (Å²) in [6.07, 6.45) is 1.29. The second-order valence-corrected chi connectivity index (χ2v) is 2.72. The van der Waals surface area contributed by atoms with Crippen LogP contribution in [0.1, 0.15) is 26.7 Å². The summed E-state index contributed by atoms with van der Waals surface area (Å²) in [4.78, 5) is 10.9. The third-order valence-corrected chi connectivity index (χ3v) is 1.30. The molecule has 0 heterocycles. The van der Waals surface area contributed by atoms with E-state index in [9.17, 15) is 4.79 Å². The average Bonchev–Trinajstić information content (AvgIpc) is 1.82. The molecular formula is C8H15NO. The van der Waals surface area contributed by atoms with Crippen LogP contribution in [0.2, 0.25) is 0 Å². The maximum atomic E-state index is 10.9. The van der Waals surface area contributed by atoms with E-state index in [-0.39, 0.29) is 11.8 Å². The van der Waals surface area contributed by atoms with E-state index in [4.69, 9.17) is 5.73 Å². The summed E-state index contributed by atoms with van der Waals surface area (Å²) in [5, 5.41) is 0. The molecule has 58 valence electrons. The van der Waals surface area contributed by atoms with Crippen molar-refractivity contribution in [2.45, 2.75) is 32.7 Å². The van der Waals surface area contributed by atoms with Crippen LogP contribution in [0.25, 0.3) is 0 Å². The van der Waals surface area contributed by atoms with Crippen molar-refractivity contribution in [1.82, 2.24) is 0 Å². The Morgan fingerprint density at radius 2 is 2.20 bits per heavy atom. The van der Waals surface area contributed by atoms with Gasteiger partial charge < -0.3 is 5.73 Å². The molecule has 0 aliphatic carbocycles. The molecule has 0 spiro atoms. The normalized spacial score (nSPS) is 12.7. The van der Waals surface area contributed by atoms with Gasteiger partial charge in [-0.05, 0) is 25.8 Å². The van der Waals surface area contributed by atoms with Gasteiger partial charge in [-0.2, -0.15) is 0 Å². The molecule has 0 radical (unpaired) electrons. The summed E-state index contributed by atoms with van der Waals surface area (Å²) >= 11 is 0. The summed E-state index contributed by atoms with van der Waals surface area (Å²) in [5.41, 5.74) is 6.08. The van der Waals surface area contributed by atoms with Gasteiger partial charge in [0.05, 0.1) is 0 Å². The zero-order valence-electron chi connectivity index (χ0n) is 6.68. The minimum absolute atomic E-state index is 0.114. The molecule has 0 saturated carbocycles. The lowest BCUT2D eigenvalue weighted by Crippen LogP contribution is -2.16. The molecule has 2 N–H and O–H groups in total. The van der Waals surface area contributed by atoms with E-state index in [1.165, 1.54) is 0 Å². The summed E-state index contributed by atoms with van der Waals surface area (Å²) in [7, 11) is 0. The Labute approximate surface area is 62.1 Å². The number of allylic oxidation sites excluding steroid dienone is 1. The average molecular weight is 141 g/mol. The van der Waals surface area contributed by atoms with Crippen molar-refractivity contribution in [3.8, 4) is 0 Å². The lowest BCUT2D eigenvalue weighted by Gasteiger charge is -2.02. The fourth-order valence-corrected chi connectivity index (χ4v) is 0.572. The maximum Gasteiger partial charge on any atom is 0.158 e. The molecule has 10 heavy (non-hydrogen) atoms. The minimum Gasteiger partial charge on any atom is -0.328 e. The minimum atomic E-state index is 0.114. The number of carbonyl (C=O) groups excluding carboxylic acids is 1. The Morgan fingerprint density at radius 1 is 1.70 bits per heavy atom. The van der Waals surface area contributed by atoms with Crippen LogP contribution in [0.4, 0.5) is 0 Å². The third-order valence-electron chi connectivity index (χ3n) is 1.30. The van der Waals surface area contributed by atoms with Gasteiger partial charge >= 0.3 is 0 Å². The highest BCUT2D eigenvalue weighted by Gasteiger charge is 2.02. The van der Waals surface area contributed by atoms with Crippen LogP contribution in [0.5, 0.6) is 0 Å². The first-order valence-corrected chi connectivity index (χ1v) is 3.48. The highest BCUT2D eigenvalue weighted by atomic mass is 16.1. The predicted molar refractivity (Wildman–Crippen MR) is 42.7 cm³/mol. The van der Waals surface area contributed by atoms with Gasteiger partial charge in [-0.1, -0.05) is 6.58 Å². The monoisotopic (exact) mass is 141 g/mol. The van der Waals surface area contributed by atoms with Gasteiger partial charge in [-0.15, -0.1) is 0 Å². The summed E-state index contributed by atoms with van der Waals surface area (Å²) in [6.45, 7) is 7.16. The van der Waals surface area contributed by atoms with Crippen LogP contribution in [0.3, 0.4) is 0 Å². The molecule has 2 heteroatoms. The molecule has 0 aliphatic heterocycles. The standard InChI is InChI=1S/C8H15NO/c1-6(2)8(10)5-4-7(3)9/h7H,1,4-5,9H2,2-3H3. The Kier molecular flexibility index (Phi) is 3.96. The fraction of sp³-hybridized carbons (Fsp3) is 0.625. The van der Waals surface area contributed by atoms with Crippen LogP contribution < -0.4 is 5.73 Å². The molecular weight excluding hydrogens is 126 g/mol. The van der Waals surface area contributed by atoms with Crippen molar-refractivity contribution < 1.29 is 4.79 Å². The van der Waals surface area contributed by atoms with Gasteiger partial charge in [-0.25, -0.2) is 0 Å². The Bertz CT molecular complexity index is 138. The van der Waals surface area contributed by atoms with Crippen molar-refractivity contribution >= 4 is 5.78 Å². The molecule has 0 amide bonds. The molecule has 2 nitrogen and oxygen atoms in total. The van der Waals surface area contributed by atoms with Crippen molar-refractivity contribution in [1.29, 1.82) is 0 Å². The van der Waals surface area contributed by atoms with Gasteiger partial charge in [0.1, 0.15) is 0 Å². The quantitative estimate of drug-likeness (QED) is 0.599. The second kappa shape index (κ2) is 4.23. The highest BCUT2D eigenvalue weighted by molar-refractivity contribution is 5.94. The zero-order chi connectivity index (χ0) is 8.15. The Morgan fingerprint density at radius 3 is 2.50 bits per heavy atom. The number of hydrogen-bond acceptors (Lipinski definition) is 2. The van der Waals surface area contributed by atoms with E-state index in [2.05, 4.69) is 6.58 Å². The summed E-state index contributed by atoms with van der Waals surface area (Å²) < 4.78 is 0.